The van der Waals surface area contributed by atoms with Crippen LogP contribution < -0.4 is 5.32 Å². The van der Waals surface area contributed by atoms with E-state index in [0.717, 1.165) is 32.1 Å². The summed E-state index contributed by atoms with van der Waals surface area (Å²) in [5.41, 5.74) is 0. The normalized spacial score (nSPS) is 14.4. The Bertz CT molecular complexity index is 590. The lowest BCUT2D eigenvalue weighted by Gasteiger charge is -2.25. The molecule has 4 atom stereocenters. The third-order valence-electron chi connectivity index (χ3n) is 7.57. The standard InChI is InChI=1S/C32H63NO7/c1-3-5-7-9-11-13-15-16-18-20-22-24-28(35)40-26-27(34)29(36)30(37)31(38)32(39)33-25-23-21-19-17-14-12-10-8-6-4-2/h27,29-31,34,36-38H,3-26H2,1-2H3,(H,33,39). The summed E-state index contributed by atoms with van der Waals surface area (Å²) in [7, 11) is 0. The number of hydrogen-bond donors (Lipinski definition) is 5. The number of amides is 1. The van der Waals surface area contributed by atoms with Gasteiger partial charge in [-0.1, -0.05) is 136 Å². The van der Waals surface area contributed by atoms with Gasteiger partial charge in [-0.25, -0.2) is 0 Å². The van der Waals surface area contributed by atoms with Crippen LogP contribution >= 0.6 is 0 Å². The molecule has 0 rings (SSSR count). The number of unbranched alkanes of at least 4 members (excludes halogenated alkanes) is 19. The van der Waals surface area contributed by atoms with Gasteiger partial charge in [-0.15, -0.1) is 0 Å². The van der Waals surface area contributed by atoms with Crippen molar-refractivity contribution < 1.29 is 34.8 Å². The molecular formula is C32H63NO7. The Hall–Kier alpha value is -1.22. The van der Waals surface area contributed by atoms with E-state index in [2.05, 4.69) is 19.2 Å². The number of rotatable bonds is 29. The fraction of sp³-hybridized carbons (Fsp3) is 0.938. The average molecular weight is 574 g/mol. The first-order chi connectivity index (χ1) is 19.3. The predicted molar refractivity (Wildman–Crippen MR) is 161 cm³/mol. The highest BCUT2D eigenvalue weighted by Crippen LogP contribution is 2.13. The maximum Gasteiger partial charge on any atom is 0.305 e. The van der Waals surface area contributed by atoms with Gasteiger partial charge in [0.15, 0.2) is 6.10 Å². The van der Waals surface area contributed by atoms with E-state index in [9.17, 15) is 30.0 Å². The Labute approximate surface area is 244 Å². The van der Waals surface area contributed by atoms with Gasteiger partial charge < -0.3 is 30.5 Å². The molecule has 5 N–H and O–H groups in total. The van der Waals surface area contributed by atoms with Gasteiger partial charge in [0.2, 0.25) is 0 Å². The minimum absolute atomic E-state index is 0.229. The van der Waals surface area contributed by atoms with Gasteiger partial charge >= 0.3 is 5.97 Å². The molecule has 1 amide bonds. The molecule has 0 spiro atoms. The number of hydrogen-bond acceptors (Lipinski definition) is 7. The predicted octanol–water partition coefficient (Wildman–Crippen LogP) is 5.71. The van der Waals surface area contributed by atoms with Gasteiger partial charge in [0, 0.05) is 13.0 Å². The van der Waals surface area contributed by atoms with Crippen molar-refractivity contribution in [1.82, 2.24) is 5.32 Å². The maximum absolute atomic E-state index is 12.1. The lowest BCUT2D eigenvalue weighted by atomic mass is 10.0. The number of aliphatic hydroxyl groups is 4. The number of ether oxygens (including phenoxy) is 1. The Balaban J connectivity index is 3.85. The van der Waals surface area contributed by atoms with Gasteiger partial charge in [-0.2, -0.15) is 0 Å². The number of nitrogens with one attached hydrogen (secondary N) is 1. The van der Waals surface area contributed by atoms with E-state index >= 15 is 0 Å². The van der Waals surface area contributed by atoms with E-state index < -0.39 is 42.9 Å². The number of carbonyl (C=O) groups excluding carboxylic acids is 2. The molecule has 0 aromatic heterocycles. The van der Waals surface area contributed by atoms with E-state index in [0.29, 0.717) is 13.0 Å². The molecule has 0 saturated heterocycles. The number of aliphatic hydroxyl groups excluding tert-OH is 4. The monoisotopic (exact) mass is 573 g/mol. The fourth-order valence-corrected chi connectivity index (χ4v) is 4.78. The zero-order valence-electron chi connectivity index (χ0n) is 25.8. The van der Waals surface area contributed by atoms with Crippen LogP contribution in [-0.2, 0) is 14.3 Å². The highest BCUT2D eigenvalue weighted by Gasteiger charge is 2.34. The van der Waals surface area contributed by atoms with Crippen LogP contribution in [0.4, 0.5) is 0 Å². The molecule has 40 heavy (non-hydrogen) atoms. The summed E-state index contributed by atoms with van der Waals surface area (Å²) in [5.74, 6) is -1.28. The van der Waals surface area contributed by atoms with E-state index in [-0.39, 0.29) is 6.42 Å². The first-order valence-corrected chi connectivity index (χ1v) is 16.5. The van der Waals surface area contributed by atoms with Crippen molar-refractivity contribution in [1.29, 1.82) is 0 Å². The second kappa shape index (κ2) is 27.9. The minimum Gasteiger partial charge on any atom is -0.463 e. The van der Waals surface area contributed by atoms with Crippen LogP contribution in [0.2, 0.25) is 0 Å². The van der Waals surface area contributed by atoms with Gasteiger partial charge in [0.05, 0.1) is 0 Å². The molecule has 0 bridgehead atoms. The summed E-state index contributed by atoms with van der Waals surface area (Å²) in [6.07, 6.45) is 17.6. The van der Waals surface area contributed by atoms with E-state index in [1.807, 2.05) is 0 Å². The summed E-state index contributed by atoms with van der Waals surface area (Å²) in [4.78, 5) is 24.1. The topological polar surface area (TPSA) is 136 Å². The molecular weight excluding hydrogens is 510 g/mol. The van der Waals surface area contributed by atoms with Crippen molar-refractivity contribution in [3.05, 3.63) is 0 Å². The van der Waals surface area contributed by atoms with Crippen molar-refractivity contribution in [3.63, 3.8) is 0 Å². The molecule has 0 aromatic rings. The minimum atomic E-state index is -1.90. The average Bonchev–Trinajstić information content (AvgIpc) is 2.96. The molecule has 0 fully saturated rings. The molecule has 0 aromatic carbocycles. The van der Waals surface area contributed by atoms with Crippen LogP contribution in [0.3, 0.4) is 0 Å². The van der Waals surface area contributed by atoms with Gasteiger partial charge in [0.25, 0.3) is 5.91 Å². The van der Waals surface area contributed by atoms with Gasteiger partial charge in [-0.3, -0.25) is 9.59 Å². The first-order valence-electron chi connectivity index (χ1n) is 16.5. The molecule has 238 valence electrons. The van der Waals surface area contributed by atoms with Crippen molar-refractivity contribution in [3.8, 4) is 0 Å². The Morgan fingerprint density at radius 1 is 0.575 bits per heavy atom. The van der Waals surface area contributed by atoms with Crippen LogP contribution in [0, 0.1) is 0 Å². The quantitative estimate of drug-likeness (QED) is 0.0571. The third kappa shape index (κ3) is 22.5. The Morgan fingerprint density at radius 2 is 0.975 bits per heavy atom. The zero-order valence-corrected chi connectivity index (χ0v) is 25.8. The van der Waals surface area contributed by atoms with E-state index in [4.69, 9.17) is 4.74 Å². The van der Waals surface area contributed by atoms with Gasteiger partial charge in [0.1, 0.15) is 24.9 Å². The largest absolute Gasteiger partial charge is 0.463 e. The second-order valence-corrected chi connectivity index (χ2v) is 11.4. The lowest BCUT2D eigenvalue weighted by Crippen LogP contribution is -2.52. The van der Waals surface area contributed by atoms with Crippen molar-refractivity contribution in [2.45, 2.75) is 180 Å². The molecule has 8 heteroatoms. The Morgan fingerprint density at radius 3 is 1.43 bits per heavy atom. The van der Waals surface area contributed by atoms with Crippen molar-refractivity contribution >= 4 is 11.9 Å². The first kappa shape index (κ1) is 38.8. The fourth-order valence-electron chi connectivity index (χ4n) is 4.78. The lowest BCUT2D eigenvalue weighted by molar-refractivity contribution is -0.159. The molecule has 0 radical (unpaired) electrons. The highest BCUT2D eigenvalue weighted by molar-refractivity contribution is 5.81. The molecule has 0 heterocycles. The van der Waals surface area contributed by atoms with Crippen molar-refractivity contribution in [2.24, 2.45) is 0 Å². The molecule has 0 aliphatic heterocycles. The van der Waals surface area contributed by atoms with Crippen LogP contribution in [0.1, 0.15) is 155 Å². The zero-order chi connectivity index (χ0) is 29.8. The van der Waals surface area contributed by atoms with E-state index in [1.165, 1.54) is 96.3 Å². The van der Waals surface area contributed by atoms with Gasteiger partial charge in [-0.05, 0) is 12.8 Å². The molecule has 0 aliphatic carbocycles. The smallest absolute Gasteiger partial charge is 0.305 e. The van der Waals surface area contributed by atoms with Crippen LogP contribution in [-0.4, -0.2) is 69.9 Å². The van der Waals surface area contributed by atoms with E-state index in [1.54, 1.807) is 0 Å². The summed E-state index contributed by atoms with van der Waals surface area (Å²) >= 11 is 0. The molecule has 0 aliphatic rings. The molecule has 0 saturated carbocycles. The maximum atomic E-state index is 12.1. The molecule has 4 unspecified atom stereocenters. The molecule has 8 nitrogen and oxygen atoms in total. The SMILES string of the molecule is CCCCCCCCCCCCCC(=O)OCC(O)C(O)C(O)C(O)C(=O)NCCCCCCCCCCCC. The summed E-state index contributed by atoms with van der Waals surface area (Å²) in [6.45, 7) is 4.29. The van der Waals surface area contributed by atoms with Crippen molar-refractivity contribution in [2.75, 3.05) is 13.2 Å². The highest BCUT2D eigenvalue weighted by atomic mass is 16.5. The van der Waals surface area contributed by atoms with Crippen LogP contribution in [0.5, 0.6) is 0 Å². The summed E-state index contributed by atoms with van der Waals surface area (Å²) in [6, 6.07) is 0. The van der Waals surface area contributed by atoms with Crippen LogP contribution in [0.15, 0.2) is 0 Å². The number of carbonyl (C=O) groups is 2. The Kier molecular flexibility index (Phi) is 27.1. The number of esters is 1. The summed E-state index contributed by atoms with van der Waals surface area (Å²) < 4.78 is 5.01. The second-order valence-electron chi connectivity index (χ2n) is 11.4. The van der Waals surface area contributed by atoms with Crippen LogP contribution in [0.25, 0.3) is 0 Å². The third-order valence-corrected chi connectivity index (χ3v) is 7.57. The summed E-state index contributed by atoms with van der Waals surface area (Å²) in [5, 5.41) is 43.0.